The van der Waals surface area contributed by atoms with Crippen LogP contribution in [-0.4, -0.2) is 41.1 Å². The van der Waals surface area contributed by atoms with Crippen LogP contribution in [0.3, 0.4) is 0 Å². The second-order valence-electron chi connectivity index (χ2n) is 9.98. The van der Waals surface area contributed by atoms with E-state index in [2.05, 4.69) is 11.7 Å². The van der Waals surface area contributed by atoms with E-state index < -0.39 is 29.2 Å². The molecule has 29 heavy (non-hydrogen) atoms. The first kappa shape index (κ1) is 20.5. The monoisotopic (exact) mass is 402 g/mol. The Bertz CT molecular complexity index is 827. The van der Waals surface area contributed by atoms with Gasteiger partial charge in [0.1, 0.15) is 17.8 Å². The van der Waals surface area contributed by atoms with Crippen molar-refractivity contribution >= 4 is 23.3 Å². The SMILES string of the molecule is COC(=O)CC(=O)C1(O)CCC2C3CCC4=CC(=O)CCC4(C)C3C(=O)CC21C. The van der Waals surface area contributed by atoms with Gasteiger partial charge in [-0.05, 0) is 55.4 Å². The number of rotatable bonds is 3. The third kappa shape index (κ3) is 2.71. The number of allylic oxidation sites excluding steroid dienone is 1. The van der Waals surface area contributed by atoms with E-state index in [0.29, 0.717) is 19.3 Å². The maximum Gasteiger partial charge on any atom is 0.313 e. The van der Waals surface area contributed by atoms with Gasteiger partial charge in [-0.25, -0.2) is 0 Å². The van der Waals surface area contributed by atoms with Crippen LogP contribution in [0, 0.1) is 28.6 Å². The van der Waals surface area contributed by atoms with E-state index in [-0.39, 0.29) is 47.6 Å². The number of carbonyl (C=O) groups excluding carboxylic acids is 4. The first-order valence-electron chi connectivity index (χ1n) is 10.7. The normalized spacial score (nSPS) is 43.7. The lowest BCUT2D eigenvalue weighted by molar-refractivity contribution is -0.170. The summed E-state index contributed by atoms with van der Waals surface area (Å²) in [4.78, 5) is 50.0. The molecule has 0 heterocycles. The standard InChI is InChI=1S/C23H30O6/c1-21-8-6-14(24)10-13(21)4-5-15-16-7-9-23(28,18(26)11-19(27)29-3)22(16,2)12-17(25)20(15)21/h10,15-16,20,28H,4-9,11-12H2,1-3H3. The summed E-state index contributed by atoms with van der Waals surface area (Å²) in [6, 6.07) is 0. The molecule has 4 rings (SSSR count). The molecule has 0 aromatic rings. The Hall–Kier alpha value is -1.82. The van der Waals surface area contributed by atoms with Crippen molar-refractivity contribution in [2.24, 2.45) is 28.6 Å². The lowest BCUT2D eigenvalue weighted by Gasteiger charge is -2.57. The van der Waals surface area contributed by atoms with Gasteiger partial charge in [0, 0.05) is 24.2 Å². The molecule has 6 heteroatoms. The Morgan fingerprint density at radius 2 is 1.90 bits per heavy atom. The van der Waals surface area contributed by atoms with Crippen molar-refractivity contribution in [3.05, 3.63) is 11.6 Å². The first-order valence-corrected chi connectivity index (χ1v) is 10.7. The number of ether oxygens (including phenoxy) is 1. The van der Waals surface area contributed by atoms with Crippen LogP contribution in [-0.2, 0) is 23.9 Å². The quantitative estimate of drug-likeness (QED) is 0.576. The zero-order valence-electron chi connectivity index (χ0n) is 17.5. The summed E-state index contributed by atoms with van der Waals surface area (Å²) in [6.45, 7) is 3.97. The Kier molecular flexibility index (Phi) is 4.65. The smallest absolute Gasteiger partial charge is 0.313 e. The minimum absolute atomic E-state index is 0.0489. The molecule has 0 bridgehead atoms. The molecule has 0 radical (unpaired) electrons. The van der Waals surface area contributed by atoms with Crippen LogP contribution < -0.4 is 0 Å². The maximum atomic E-state index is 13.5. The molecule has 0 saturated heterocycles. The van der Waals surface area contributed by atoms with Crippen molar-refractivity contribution in [1.82, 2.24) is 0 Å². The molecule has 1 N–H and O–H groups in total. The second-order valence-corrected chi connectivity index (χ2v) is 9.98. The highest BCUT2D eigenvalue weighted by atomic mass is 16.5. The predicted octanol–water partition coefficient (Wildman–Crippen LogP) is 2.56. The van der Waals surface area contributed by atoms with Gasteiger partial charge in [0.25, 0.3) is 0 Å². The Morgan fingerprint density at radius 3 is 2.59 bits per heavy atom. The lowest BCUT2D eigenvalue weighted by atomic mass is 9.46. The van der Waals surface area contributed by atoms with Crippen LogP contribution in [0.1, 0.15) is 65.2 Å². The fourth-order valence-corrected chi connectivity index (χ4v) is 7.20. The van der Waals surface area contributed by atoms with Gasteiger partial charge >= 0.3 is 5.97 Å². The first-order chi connectivity index (χ1) is 13.6. The van der Waals surface area contributed by atoms with E-state index in [4.69, 9.17) is 0 Å². The molecule has 6 nitrogen and oxygen atoms in total. The van der Waals surface area contributed by atoms with Crippen molar-refractivity contribution in [3.8, 4) is 0 Å². The zero-order valence-corrected chi connectivity index (χ0v) is 17.5. The average Bonchev–Trinajstić information content (AvgIpc) is 2.93. The molecule has 3 fully saturated rings. The van der Waals surface area contributed by atoms with E-state index in [1.54, 1.807) is 6.08 Å². The summed E-state index contributed by atoms with van der Waals surface area (Å²) in [6.07, 6.45) is 5.12. The lowest BCUT2D eigenvalue weighted by Crippen LogP contribution is -2.60. The number of hydrogen-bond acceptors (Lipinski definition) is 6. The number of esters is 1. The number of hydrogen-bond donors (Lipinski definition) is 1. The predicted molar refractivity (Wildman–Crippen MR) is 104 cm³/mol. The summed E-state index contributed by atoms with van der Waals surface area (Å²) in [7, 11) is 1.22. The van der Waals surface area contributed by atoms with Crippen molar-refractivity contribution in [1.29, 1.82) is 0 Å². The van der Waals surface area contributed by atoms with E-state index >= 15 is 0 Å². The summed E-state index contributed by atoms with van der Waals surface area (Å²) in [5.74, 6) is -0.986. The third-order valence-corrected chi connectivity index (χ3v) is 8.80. The van der Waals surface area contributed by atoms with Gasteiger partial charge in [-0.2, -0.15) is 0 Å². The molecule has 6 unspecified atom stereocenters. The van der Waals surface area contributed by atoms with E-state index in [1.165, 1.54) is 7.11 Å². The molecule has 0 spiro atoms. The number of Topliss-reactive ketones (excluding diaryl/α,β-unsaturated/α-hetero) is 2. The highest BCUT2D eigenvalue weighted by Gasteiger charge is 2.68. The van der Waals surface area contributed by atoms with Gasteiger partial charge in [-0.15, -0.1) is 0 Å². The van der Waals surface area contributed by atoms with E-state index in [0.717, 1.165) is 18.4 Å². The van der Waals surface area contributed by atoms with E-state index in [1.807, 2.05) is 6.92 Å². The number of carbonyl (C=O) groups is 4. The molecule has 3 saturated carbocycles. The highest BCUT2D eigenvalue weighted by molar-refractivity contribution is 6.01. The second kappa shape index (κ2) is 6.59. The van der Waals surface area contributed by atoms with Crippen LogP contribution in [0.4, 0.5) is 0 Å². The van der Waals surface area contributed by atoms with Gasteiger partial charge in [0.05, 0.1) is 7.11 Å². The van der Waals surface area contributed by atoms with Crippen LogP contribution in [0.5, 0.6) is 0 Å². The molecule has 0 aliphatic heterocycles. The van der Waals surface area contributed by atoms with Crippen LogP contribution in [0.25, 0.3) is 0 Å². The summed E-state index contributed by atoms with van der Waals surface area (Å²) < 4.78 is 4.61. The minimum Gasteiger partial charge on any atom is -0.469 e. The fraction of sp³-hybridized carbons (Fsp3) is 0.739. The number of aliphatic hydroxyl groups is 1. The summed E-state index contributed by atoms with van der Waals surface area (Å²) in [5.41, 5.74) is -1.74. The molecular formula is C23H30O6. The van der Waals surface area contributed by atoms with Gasteiger partial charge in [-0.1, -0.05) is 19.4 Å². The Morgan fingerprint density at radius 1 is 1.17 bits per heavy atom. The van der Waals surface area contributed by atoms with Crippen molar-refractivity contribution < 1.29 is 29.0 Å². The van der Waals surface area contributed by atoms with Gasteiger partial charge in [-0.3, -0.25) is 19.2 Å². The summed E-state index contributed by atoms with van der Waals surface area (Å²) in [5, 5.41) is 11.4. The van der Waals surface area contributed by atoms with Gasteiger partial charge < -0.3 is 9.84 Å². The average molecular weight is 402 g/mol. The molecule has 158 valence electrons. The fourth-order valence-electron chi connectivity index (χ4n) is 7.20. The van der Waals surface area contributed by atoms with Crippen molar-refractivity contribution in [3.63, 3.8) is 0 Å². The molecule has 4 aliphatic rings. The molecule has 4 aliphatic carbocycles. The van der Waals surface area contributed by atoms with Crippen molar-refractivity contribution in [2.45, 2.75) is 70.8 Å². The van der Waals surface area contributed by atoms with Crippen LogP contribution in [0.15, 0.2) is 11.6 Å². The molecule has 0 amide bonds. The molecule has 0 aromatic heterocycles. The topological polar surface area (TPSA) is 97.7 Å². The zero-order chi connectivity index (χ0) is 21.2. The highest BCUT2D eigenvalue weighted by Crippen LogP contribution is 2.66. The van der Waals surface area contributed by atoms with E-state index in [9.17, 15) is 24.3 Å². The number of ketones is 3. The number of fused-ring (bicyclic) bond motifs is 5. The molecule has 6 atom stereocenters. The Balaban J connectivity index is 1.68. The largest absolute Gasteiger partial charge is 0.469 e. The van der Waals surface area contributed by atoms with Crippen LogP contribution >= 0.6 is 0 Å². The molecular weight excluding hydrogens is 372 g/mol. The Labute approximate surface area is 171 Å². The summed E-state index contributed by atoms with van der Waals surface area (Å²) >= 11 is 0. The van der Waals surface area contributed by atoms with Crippen LogP contribution in [0.2, 0.25) is 0 Å². The number of methoxy groups -OCH3 is 1. The third-order valence-electron chi connectivity index (χ3n) is 8.80. The van der Waals surface area contributed by atoms with Gasteiger partial charge in [0.2, 0.25) is 0 Å². The molecule has 0 aromatic carbocycles. The minimum atomic E-state index is -1.67. The van der Waals surface area contributed by atoms with Crippen molar-refractivity contribution in [2.75, 3.05) is 7.11 Å². The maximum absolute atomic E-state index is 13.5. The van der Waals surface area contributed by atoms with Gasteiger partial charge in [0.15, 0.2) is 11.6 Å².